The second-order valence-electron chi connectivity index (χ2n) is 5.30. The topological polar surface area (TPSA) is 161 Å². The maximum absolute atomic E-state index is 12.1. The summed E-state index contributed by atoms with van der Waals surface area (Å²) in [6.45, 7) is 0.571. The molecule has 10 heteroatoms. The molecule has 5 N–H and O–H groups in total. The molecule has 0 spiro atoms. The number of benzene rings is 1. The number of ether oxygens (including phenoxy) is 3. The summed E-state index contributed by atoms with van der Waals surface area (Å²) >= 11 is 0. The fraction of sp³-hybridized carbons (Fsp3) is 0.188. The molecule has 0 bridgehead atoms. The van der Waals surface area contributed by atoms with Gasteiger partial charge in [0, 0.05) is 17.2 Å². The Morgan fingerprint density at radius 2 is 1.69 bits per heavy atom. The molecular weight excluding hydrogens is 348 g/mol. The van der Waals surface area contributed by atoms with E-state index < -0.39 is 34.4 Å². The number of nitrogens with two attached hydrogens (primary N) is 1. The third-order valence-electron chi connectivity index (χ3n) is 3.81. The van der Waals surface area contributed by atoms with Gasteiger partial charge in [0.05, 0.1) is 7.11 Å². The molecule has 1 aromatic heterocycles. The van der Waals surface area contributed by atoms with E-state index in [-0.39, 0.29) is 29.2 Å². The van der Waals surface area contributed by atoms with Crippen molar-refractivity contribution in [1.29, 1.82) is 0 Å². The van der Waals surface area contributed by atoms with Gasteiger partial charge in [0.15, 0.2) is 11.5 Å². The first-order valence-electron chi connectivity index (χ1n) is 7.35. The van der Waals surface area contributed by atoms with Gasteiger partial charge in [0.25, 0.3) is 5.56 Å². The summed E-state index contributed by atoms with van der Waals surface area (Å²) in [5.74, 6) is -2.88. The van der Waals surface area contributed by atoms with Gasteiger partial charge in [-0.2, -0.15) is 0 Å². The lowest BCUT2D eigenvalue weighted by Gasteiger charge is -2.22. The van der Waals surface area contributed by atoms with Crippen molar-refractivity contribution in [3.05, 3.63) is 33.6 Å². The van der Waals surface area contributed by atoms with Crippen LogP contribution in [0.4, 0.5) is 5.82 Å². The minimum Gasteiger partial charge on any atom is -0.496 e. The Kier molecular flexibility index (Phi) is 4.16. The Hall–Kier alpha value is -3.69. The molecule has 0 aliphatic carbocycles. The Labute approximate surface area is 145 Å². The van der Waals surface area contributed by atoms with E-state index in [1.54, 1.807) is 0 Å². The van der Waals surface area contributed by atoms with Gasteiger partial charge in [-0.1, -0.05) is 0 Å². The number of methoxy groups -OCH3 is 1. The number of aromatic amines is 1. The average molecular weight is 362 g/mol. The van der Waals surface area contributed by atoms with E-state index in [0.717, 1.165) is 0 Å². The van der Waals surface area contributed by atoms with Crippen LogP contribution in [0.3, 0.4) is 0 Å². The molecule has 0 radical (unpaired) electrons. The Morgan fingerprint density at radius 1 is 1.12 bits per heavy atom. The summed E-state index contributed by atoms with van der Waals surface area (Å²) < 4.78 is 16.1. The lowest BCUT2D eigenvalue weighted by molar-refractivity contribution is 0.0695. The molecule has 136 valence electrons. The van der Waals surface area contributed by atoms with E-state index in [1.807, 2.05) is 4.98 Å². The first-order chi connectivity index (χ1) is 12.3. The zero-order valence-corrected chi connectivity index (χ0v) is 13.5. The van der Waals surface area contributed by atoms with Gasteiger partial charge in [-0.05, 0) is 6.07 Å². The largest absolute Gasteiger partial charge is 0.496 e. The highest BCUT2D eigenvalue weighted by Gasteiger charge is 2.30. The van der Waals surface area contributed by atoms with Crippen LogP contribution in [0.15, 0.2) is 16.9 Å². The van der Waals surface area contributed by atoms with Crippen molar-refractivity contribution in [3.8, 4) is 28.4 Å². The van der Waals surface area contributed by atoms with Crippen molar-refractivity contribution in [1.82, 2.24) is 4.98 Å². The predicted molar refractivity (Wildman–Crippen MR) is 88.4 cm³/mol. The molecule has 1 aromatic carbocycles. The van der Waals surface area contributed by atoms with Crippen molar-refractivity contribution in [2.45, 2.75) is 0 Å². The molecule has 0 amide bonds. The molecule has 0 unspecified atom stereocenters. The molecule has 0 fully saturated rings. The number of carboxylic acids is 2. The number of fused-ring (bicyclic) bond motifs is 1. The molecular formula is C16H14N2O8. The molecule has 1 aliphatic rings. The van der Waals surface area contributed by atoms with E-state index >= 15 is 0 Å². The Balaban J connectivity index is 2.45. The summed E-state index contributed by atoms with van der Waals surface area (Å²) in [6.07, 6.45) is 0. The molecule has 1 aliphatic heterocycles. The van der Waals surface area contributed by atoms with Gasteiger partial charge >= 0.3 is 11.9 Å². The normalized spacial score (nSPS) is 12.5. The van der Waals surface area contributed by atoms with Crippen LogP contribution < -0.4 is 25.5 Å². The molecule has 26 heavy (non-hydrogen) atoms. The monoisotopic (exact) mass is 362 g/mol. The van der Waals surface area contributed by atoms with Crippen molar-refractivity contribution < 1.29 is 34.0 Å². The predicted octanol–water partition coefficient (Wildman–Crippen LogP) is 0.800. The number of aromatic nitrogens is 1. The quantitative estimate of drug-likeness (QED) is 0.616. The van der Waals surface area contributed by atoms with Crippen molar-refractivity contribution in [2.75, 3.05) is 26.1 Å². The van der Waals surface area contributed by atoms with E-state index in [4.69, 9.17) is 19.9 Å². The van der Waals surface area contributed by atoms with Crippen LogP contribution in [-0.4, -0.2) is 47.5 Å². The number of hydrogen-bond donors (Lipinski definition) is 4. The number of pyridine rings is 1. The van der Waals surface area contributed by atoms with Gasteiger partial charge in [-0.25, -0.2) is 9.59 Å². The fourth-order valence-electron chi connectivity index (χ4n) is 2.75. The molecule has 0 saturated heterocycles. The van der Waals surface area contributed by atoms with Crippen LogP contribution in [0.2, 0.25) is 0 Å². The summed E-state index contributed by atoms with van der Waals surface area (Å²) in [5, 5.41) is 19.0. The highest BCUT2D eigenvalue weighted by atomic mass is 16.6. The molecule has 0 saturated carbocycles. The van der Waals surface area contributed by atoms with E-state index in [0.29, 0.717) is 12.4 Å². The first-order valence-corrected chi connectivity index (χ1v) is 7.35. The average Bonchev–Trinajstić information content (AvgIpc) is 2.58. The number of H-pyrrole nitrogens is 1. The third-order valence-corrected chi connectivity index (χ3v) is 3.81. The van der Waals surface area contributed by atoms with Crippen molar-refractivity contribution >= 4 is 17.8 Å². The highest BCUT2D eigenvalue weighted by Crippen LogP contribution is 2.43. The van der Waals surface area contributed by atoms with Crippen LogP contribution in [-0.2, 0) is 0 Å². The molecule has 10 nitrogen and oxygen atoms in total. The third kappa shape index (κ3) is 2.66. The smallest absolute Gasteiger partial charge is 0.342 e. The lowest BCUT2D eigenvalue weighted by Crippen LogP contribution is -2.24. The summed E-state index contributed by atoms with van der Waals surface area (Å²) in [4.78, 5) is 37.5. The van der Waals surface area contributed by atoms with Crippen LogP contribution in [0, 0.1) is 0 Å². The number of anilines is 1. The zero-order valence-electron chi connectivity index (χ0n) is 13.5. The maximum Gasteiger partial charge on any atom is 0.342 e. The first kappa shape index (κ1) is 17.1. The second-order valence-corrected chi connectivity index (χ2v) is 5.30. The van der Waals surface area contributed by atoms with Crippen molar-refractivity contribution in [3.63, 3.8) is 0 Å². The van der Waals surface area contributed by atoms with Gasteiger partial charge in [-0.15, -0.1) is 0 Å². The van der Waals surface area contributed by atoms with Gasteiger partial charge in [0.1, 0.15) is 35.9 Å². The highest BCUT2D eigenvalue weighted by molar-refractivity contribution is 6.08. The number of carbonyl (C=O) groups is 2. The van der Waals surface area contributed by atoms with Crippen LogP contribution in [0.5, 0.6) is 17.2 Å². The summed E-state index contributed by atoms with van der Waals surface area (Å²) in [5.41, 5.74) is 2.92. The number of rotatable bonds is 4. The van der Waals surface area contributed by atoms with Gasteiger partial charge in [-0.3, -0.25) is 4.79 Å². The SMILES string of the molecule is COc1cc2c(cc1-c1c(C(=O)O)c(N)[nH]c(=O)c1C(=O)O)OCCO2. The van der Waals surface area contributed by atoms with E-state index in [1.165, 1.54) is 19.2 Å². The Morgan fingerprint density at radius 3 is 2.23 bits per heavy atom. The number of nitrogens with one attached hydrogen (secondary N) is 1. The van der Waals surface area contributed by atoms with Crippen LogP contribution in [0.25, 0.3) is 11.1 Å². The summed E-state index contributed by atoms with van der Waals surface area (Å²) in [6, 6.07) is 2.79. The second kappa shape index (κ2) is 6.31. The molecule has 2 aromatic rings. The van der Waals surface area contributed by atoms with E-state index in [9.17, 15) is 24.6 Å². The Bertz CT molecular complexity index is 979. The van der Waals surface area contributed by atoms with Crippen molar-refractivity contribution in [2.24, 2.45) is 0 Å². The van der Waals surface area contributed by atoms with Crippen LogP contribution in [0.1, 0.15) is 20.7 Å². The van der Waals surface area contributed by atoms with Crippen LogP contribution >= 0.6 is 0 Å². The van der Waals surface area contributed by atoms with Gasteiger partial charge in [0.2, 0.25) is 0 Å². The van der Waals surface area contributed by atoms with Gasteiger partial charge < -0.3 is 35.1 Å². The lowest BCUT2D eigenvalue weighted by atomic mass is 9.94. The zero-order chi connectivity index (χ0) is 19.0. The van der Waals surface area contributed by atoms with E-state index in [2.05, 4.69) is 0 Å². The summed E-state index contributed by atoms with van der Waals surface area (Å²) in [7, 11) is 1.31. The minimum atomic E-state index is -1.61. The number of aromatic carboxylic acids is 2. The number of nitrogen functional groups attached to an aromatic ring is 1. The minimum absolute atomic E-state index is 0.0318. The fourth-order valence-corrected chi connectivity index (χ4v) is 2.75. The number of hydrogen-bond acceptors (Lipinski definition) is 7. The molecule has 3 rings (SSSR count). The standard InChI is InChI=1S/C16H14N2O8/c1-24-7-5-9-8(25-2-3-26-9)4-6(7)10-11(15(20)21)13(17)18-14(19)12(10)16(22)23/h4-5H,2-3H2,1H3,(H,20,21)(H,22,23)(H3,17,18,19). The maximum atomic E-state index is 12.1. The molecule has 0 atom stereocenters. The molecule has 2 heterocycles. The number of carboxylic acid groups (broad SMARTS) is 2.